The van der Waals surface area contributed by atoms with Crippen LogP contribution in [0.2, 0.25) is 0 Å². The highest BCUT2D eigenvalue weighted by Crippen LogP contribution is 2.30. The topological polar surface area (TPSA) is 140 Å². The number of benzene rings is 1. The molecule has 2 amide bonds. The number of primary sulfonamides is 1. The minimum Gasteiger partial charge on any atom is -0.459 e. The van der Waals surface area contributed by atoms with E-state index in [-0.39, 0.29) is 10.7 Å². The van der Waals surface area contributed by atoms with Crippen molar-refractivity contribution >= 4 is 33.5 Å². The van der Waals surface area contributed by atoms with Gasteiger partial charge < -0.3 is 19.0 Å². The Labute approximate surface area is 178 Å². The summed E-state index contributed by atoms with van der Waals surface area (Å²) in [6.07, 6.45) is 2.94. The Kier molecular flexibility index (Phi) is 5.54. The Morgan fingerprint density at radius 1 is 1.19 bits per heavy atom. The van der Waals surface area contributed by atoms with Gasteiger partial charge in [0.05, 0.1) is 11.2 Å². The van der Waals surface area contributed by atoms with Gasteiger partial charge in [-0.2, -0.15) is 0 Å². The van der Waals surface area contributed by atoms with Gasteiger partial charge in [0.15, 0.2) is 12.4 Å². The number of hydrogen-bond donors (Lipinski definition) is 1. The number of esters is 1. The Bertz CT molecular complexity index is 1130. The summed E-state index contributed by atoms with van der Waals surface area (Å²) < 4.78 is 33.3. The van der Waals surface area contributed by atoms with Gasteiger partial charge in [0.25, 0.3) is 11.8 Å². The van der Waals surface area contributed by atoms with E-state index in [2.05, 4.69) is 0 Å². The normalized spacial score (nSPS) is 18.2. The second-order valence-electron chi connectivity index (χ2n) is 7.37. The van der Waals surface area contributed by atoms with E-state index >= 15 is 0 Å². The van der Waals surface area contributed by atoms with E-state index in [4.69, 9.17) is 14.3 Å². The van der Waals surface area contributed by atoms with Crippen LogP contribution < -0.4 is 10.0 Å². The van der Waals surface area contributed by atoms with Gasteiger partial charge in [-0.1, -0.05) is 0 Å². The molecule has 0 bridgehead atoms. The van der Waals surface area contributed by atoms with Crippen molar-refractivity contribution < 1.29 is 32.0 Å². The fourth-order valence-corrected chi connectivity index (χ4v) is 4.48. The van der Waals surface area contributed by atoms with E-state index in [0.29, 0.717) is 43.6 Å². The molecule has 10 nitrogen and oxygen atoms in total. The summed E-state index contributed by atoms with van der Waals surface area (Å²) in [4.78, 5) is 40.5. The molecule has 2 aliphatic rings. The lowest BCUT2D eigenvalue weighted by molar-refractivity contribution is -0.151. The number of nitrogens with two attached hydrogens (primary N) is 1. The van der Waals surface area contributed by atoms with Gasteiger partial charge in [0, 0.05) is 18.8 Å². The maximum absolute atomic E-state index is 12.6. The van der Waals surface area contributed by atoms with Crippen LogP contribution in [0.1, 0.15) is 29.0 Å². The number of likely N-dealkylation sites (tertiary alicyclic amines) is 1. The fourth-order valence-electron chi connectivity index (χ4n) is 3.92. The third-order valence-electron chi connectivity index (χ3n) is 5.43. The van der Waals surface area contributed by atoms with E-state index in [9.17, 15) is 22.8 Å². The van der Waals surface area contributed by atoms with Crippen molar-refractivity contribution in [3.8, 4) is 0 Å². The number of furan rings is 1. The number of nitrogens with zero attached hydrogens (tertiary/aromatic N) is 2. The number of carbonyl (C=O) groups excluding carboxylic acids is 3. The standard InChI is InChI=1S/C20H21N3O7S/c21-31(27,28)14-5-6-15-13(11-14)7-9-22(15)18(24)12-30-20(26)16-3-1-8-23(16)19(25)17-4-2-10-29-17/h2,4-6,10-11,16H,1,3,7-9,12H2,(H2,21,27,28)/t16-/m0/s1. The third kappa shape index (κ3) is 4.19. The minimum atomic E-state index is -3.83. The lowest BCUT2D eigenvalue weighted by Crippen LogP contribution is -2.42. The molecule has 1 aromatic heterocycles. The van der Waals surface area contributed by atoms with Gasteiger partial charge in [-0.3, -0.25) is 9.59 Å². The number of fused-ring (bicyclic) bond motifs is 1. The maximum atomic E-state index is 12.6. The first-order valence-corrected chi connectivity index (χ1v) is 11.3. The molecule has 0 aliphatic carbocycles. The molecule has 1 fully saturated rings. The molecule has 1 atom stereocenters. The molecule has 2 aromatic rings. The number of anilines is 1. The maximum Gasteiger partial charge on any atom is 0.329 e. The van der Waals surface area contributed by atoms with Gasteiger partial charge in [-0.25, -0.2) is 18.4 Å². The van der Waals surface area contributed by atoms with Crippen molar-refractivity contribution in [3.63, 3.8) is 0 Å². The highest BCUT2D eigenvalue weighted by Gasteiger charge is 2.37. The smallest absolute Gasteiger partial charge is 0.329 e. The summed E-state index contributed by atoms with van der Waals surface area (Å²) >= 11 is 0. The summed E-state index contributed by atoms with van der Waals surface area (Å²) in [5.74, 6) is -1.33. The highest BCUT2D eigenvalue weighted by atomic mass is 32.2. The average molecular weight is 447 g/mol. The SMILES string of the molecule is NS(=O)(=O)c1ccc2c(c1)CCN2C(=O)COC(=O)[C@@H]1CCCN1C(=O)c1ccco1. The predicted octanol–water partition coefficient (Wildman–Crippen LogP) is 0.664. The number of rotatable bonds is 5. The molecule has 31 heavy (non-hydrogen) atoms. The molecule has 1 saturated heterocycles. The summed E-state index contributed by atoms with van der Waals surface area (Å²) in [6, 6.07) is 6.65. The van der Waals surface area contributed by atoms with Crippen LogP contribution in [0, 0.1) is 0 Å². The summed E-state index contributed by atoms with van der Waals surface area (Å²) in [5, 5.41) is 5.15. The summed E-state index contributed by atoms with van der Waals surface area (Å²) in [6.45, 7) is 0.264. The molecular formula is C20H21N3O7S. The van der Waals surface area contributed by atoms with Crippen molar-refractivity contribution in [1.82, 2.24) is 4.90 Å². The van der Waals surface area contributed by atoms with Crippen LogP contribution in [-0.4, -0.2) is 56.8 Å². The van der Waals surface area contributed by atoms with E-state index < -0.39 is 40.5 Å². The van der Waals surface area contributed by atoms with E-state index in [1.165, 1.54) is 40.3 Å². The second-order valence-corrected chi connectivity index (χ2v) is 8.93. The van der Waals surface area contributed by atoms with Gasteiger partial charge >= 0.3 is 5.97 Å². The van der Waals surface area contributed by atoms with Gasteiger partial charge in [-0.05, 0) is 55.2 Å². The third-order valence-corrected chi connectivity index (χ3v) is 6.34. The predicted molar refractivity (Wildman–Crippen MR) is 108 cm³/mol. The molecule has 11 heteroatoms. The van der Waals surface area contributed by atoms with Crippen molar-refractivity contribution in [2.45, 2.75) is 30.2 Å². The van der Waals surface area contributed by atoms with Gasteiger partial charge in [-0.15, -0.1) is 0 Å². The lowest BCUT2D eigenvalue weighted by Gasteiger charge is -2.23. The second kappa shape index (κ2) is 8.16. The first-order valence-electron chi connectivity index (χ1n) is 9.73. The van der Waals surface area contributed by atoms with Crippen LogP contribution in [0.3, 0.4) is 0 Å². The first-order chi connectivity index (χ1) is 14.8. The molecule has 0 saturated carbocycles. The van der Waals surface area contributed by atoms with Crippen LogP contribution in [0.4, 0.5) is 5.69 Å². The van der Waals surface area contributed by atoms with Crippen LogP contribution in [0.25, 0.3) is 0 Å². The molecule has 0 radical (unpaired) electrons. The number of sulfonamides is 1. The van der Waals surface area contributed by atoms with E-state index in [1.807, 2.05) is 0 Å². The average Bonchev–Trinajstić information content (AvgIpc) is 3.50. The molecule has 2 aliphatic heterocycles. The highest BCUT2D eigenvalue weighted by molar-refractivity contribution is 7.89. The van der Waals surface area contributed by atoms with Gasteiger partial charge in [0.2, 0.25) is 10.0 Å². The zero-order valence-corrected chi connectivity index (χ0v) is 17.3. The summed E-state index contributed by atoms with van der Waals surface area (Å²) in [7, 11) is -3.83. The largest absolute Gasteiger partial charge is 0.459 e. The van der Waals surface area contributed by atoms with Crippen molar-refractivity contribution in [2.24, 2.45) is 5.14 Å². The number of ether oxygens (including phenoxy) is 1. The number of amides is 2. The Morgan fingerprint density at radius 2 is 2.00 bits per heavy atom. The fraction of sp³-hybridized carbons (Fsp3) is 0.350. The molecule has 0 spiro atoms. The number of carbonyl (C=O) groups is 3. The molecule has 3 heterocycles. The molecular weight excluding hydrogens is 426 g/mol. The van der Waals surface area contributed by atoms with Crippen LogP contribution in [0.5, 0.6) is 0 Å². The van der Waals surface area contributed by atoms with Crippen LogP contribution in [0.15, 0.2) is 45.9 Å². The molecule has 164 valence electrons. The lowest BCUT2D eigenvalue weighted by atomic mass is 10.2. The molecule has 1 aromatic carbocycles. The monoisotopic (exact) mass is 447 g/mol. The van der Waals surface area contributed by atoms with E-state index in [0.717, 1.165) is 0 Å². The Balaban J connectivity index is 1.38. The van der Waals surface area contributed by atoms with Crippen molar-refractivity contribution in [2.75, 3.05) is 24.6 Å². The molecule has 2 N–H and O–H groups in total. The summed E-state index contributed by atoms with van der Waals surface area (Å²) in [5.41, 5.74) is 1.24. The number of hydrogen-bond acceptors (Lipinski definition) is 7. The minimum absolute atomic E-state index is 0.0190. The Morgan fingerprint density at radius 3 is 2.71 bits per heavy atom. The molecule has 4 rings (SSSR count). The quantitative estimate of drug-likeness (QED) is 0.664. The van der Waals surface area contributed by atoms with E-state index in [1.54, 1.807) is 6.07 Å². The van der Waals surface area contributed by atoms with Crippen molar-refractivity contribution in [1.29, 1.82) is 0 Å². The van der Waals surface area contributed by atoms with Gasteiger partial charge in [0.1, 0.15) is 6.04 Å². The molecule has 0 unspecified atom stereocenters. The zero-order valence-electron chi connectivity index (χ0n) is 16.5. The van der Waals surface area contributed by atoms with Crippen LogP contribution in [-0.2, 0) is 30.8 Å². The van der Waals surface area contributed by atoms with Crippen LogP contribution >= 0.6 is 0 Å². The van der Waals surface area contributed by atoms with Crippen molar-refractivity contribution in [3.05, 3.63) is 47.9 Å². The Hall–Kier alpha value is -3.18. The first kappa shape index (κ1) is 21.1. The zero-order chi connectivity index (χ0) is 22.2.